The number of imidazole rings is 1. The summed E-state index contributed by atoms with van der Waals surface area (Å²) >= 11 is 0. The molecule has 1 fully saturated rings. The number of nitrogens with zero attached hydrogens (tertiary/aromatic N) is 4. The first-order chi connectivity index (χ1) is 19.6. The molecule has 8 nitrogen and oxygen atoms in total. The van der Waals surface area contributed by atoms with Gasteiger partial charge in [0.05, 0.1) is 28.6 Å². The first-order valence-electron chi connectivity index (χ1n) is 13.5. The average Bonchev–Trinajstić information content (AvgIpc) is 3.61. The molecule has 3 N–H and O–H groups in total. The minimum absolute atomic E-state index is 0.0719. The number of nitrogens with one attached hydrogen (secondary N) is 3. The predicted octanol–water partition coefficient (Wildman–Crippen LogP) is 6.89. The Morgan fingerprint density at radius 1 is 0.900 bits per heavy atom. The van der Waals surface area contributed by atoms with Gasteiger partial charge in [0.1, 0.15) is 17.0 Å². The lowest BCUT2D eigenvalue weighted by molar-refractivity contribution is -0.120. The molecule has 0 atom stereocenters. The second kappa shape index (κ2) is 10.00. The number of anilines is 1. The van der Waals surface area contributed by atoms with E-state index in [4.69, 9.17) is 4.98 Å². The smallest absolute Gasteiger partial charge is 0.227 e. The van der Waals surface area contributed by atoms with E-state index in [1.54, 1.807) is 24.7 Å². The summed E-state index contributed by atoms with van der Waals surface area (Å²) in [7, 11) is 0. The van der Waals surface area contributed by atoms with Crippen LogP contribution in [0.5, 0.6) is 0 Å². The SMILES string of the molecule is O=C(Nc1cncc(-c2ccc3[nH]nc(-c4nc5c(-c6cccc(F)c6)nccc5[nH]4)c3c2)c1)C1CCCCC1. The van der Waals surface area contributed by atoms with E-state index in [1.165, 1.54) is 18.6 Å². The Bertz CT molecular complexity index is 1870. The van der Waals surface area contributed by atoms with Crippen LogP contribution in [0.4, 0.5) is 10.1 Å². The zero-order valence-electron chi connectivity index (χ0n) is 21.6. The molecule has 6 aromatic rings. The molecule has 1 saturated carbocycles. The number of carbonyl (C=O) groups is 1. The molecule has 9 heteroatoms. The van der Waals surface area contributed by atoms with Gasteiger partial charge in [-0.2, -0.15) is 5.10 Å². The van der Waals surface area contributed by atoms with Crippen LogP contribution in [0, 0.1) is 11.7 Å². The van der Waals surface area contributed by atoms with E-state index in [-0.39, 0.29) is 17.6 Å². The Balaban J connectivity index is 1.23. The average molecular weight is 532 g/mol. The monoisotopic (exact) mass is 531 g/mol. The number of aromatic nitrogens is 6. The van der Waals surface area contributed by atoms with Crippen LogP contribution in [0.15, 0.2) is 73.2 Å². The van der Waals surface area contributed by atoms with E-state index in [2.05, 4.69) is 30.5 Å². The summed E-state index contributed by atoms with van der Waals surface area (Å²) < 4.78 is 13.9. The van der Waals surface area contributed by atoms with E-state index in [0.29, 0.717) is 34.0 Å². The number of rotatable bonds is 5. The van der Waals surface area contributed by atoms with Gasteiger partial charge >= 0.3 is 0 Å². The lowest BCUT2D eigenvalue weighted by Crippen LogP contribution is -2.24. The quantitative estimate of drug-likeness (QED) is 0.224. The van der Waals surface area contributed by atoms with Crippen LogP contribution >= 0.6 is 0 Å². The van der Waals surface area contributed by atoms with Crippen LogP contribution in [-0.2, 0) is 4.79 Å². The molecule has 1 aliphatic carbocycles. The molecule has 2 aromatic carbocycles. The third-order valence-electron chi connectivity index (χ3n) is 7.60. The van der Waals surface area contributed by atoms with Crippen molar-refractivity contribution in [2.24, 2.45) is 5.92 Å². The first-order valence-corrected chi connectivity index (χ1v) is 13.5. The van der Waals surface area contributed by atoms with Gasteiger partial charge in [-0.05, 0) is 54.8 Å². The second-order valence-electron chi connectivity index (χ2n) is 10.3. The van der Waals surface area contributed by atoms with Crippen molar-refractivity contribution in [1.29, 1.82) is 0 Å². The standard InChI is InChI=1S/C31H26FN7O/c32-22-8-4-7-20(13-22)27-29-26(11-12-34-27)36-30(37-29)28-24-15-19(9-10-25(24)38-39-28)21-14-23(17-33-16-21)35-31(40)18-5-2-1-3-6-18/h4,7-18H,1-3,5-6H2,(H,35,40)(H,36,37)(H,38,39). The molecule has 0 saturated heterocycles. The van der Waals surface area contributed by atoms with Gasteiger partial charge < -0.3 is 10.3 Å². The van der Waals surface area contributed by atoms with Crippen molar-refractivity contribution in [1.82, 2.24) is 30.1 Å². The van der Waals surface area contributed by atoms with Crippen LogP contribution in [-0.4, -0.2) is 36.0 Å². The van der Waals surface area contributed by atoms with Gasteiger partial charge in [-0.15, -0.1) is 0 Å². The van der Waals surface area contributed by atoms with E-state index in [0.717, 1.165) is 53.2 Å². The van der Waals surface area contributed by atoms with E-state index in [1.807, 2.05) is 36.4 Å². The zero-order valence-corrected chi connectivity index (χ0v) is 21.6. The Hall–Kier alpha value is -4.92. The number of fused-ring (bicyclic) bond motifs is 2. The van der Waals surface area contributed by atoms with Crippen LogP contribution < -0.4 is 5.32 Å². The molecule has 0 unspecified atom stereocenters. The molecule has 40 heavy (non-hydrogen) atoms. The highest BCUT2D eigenvalue weighted by Crippen LogP contribution is 2.33. The molecule has 7 rings (SSSR count). The van der Waals surface area contributed by atoms with Crippen molar-refractivity contribution in [2.75, 3.05) is 5.32 Å². The molecule has 0 bridgehead atoms. The van der Waals surface area contributed by atoms with Crippen molar-refractivity contribution in [3.8, 4) is 33.9 Å². The van der Waals surface area contributed by atoms with Gasteiger partial charge in [0, 0.05) is 34.8 Å². The Labute approximate surface area is 229 Å². The first kappa shape index (κ1) is 24.1. The topological polar surface area (TPSA) is 112 Å². The predicted molar refractivity (Wildman–Crippen MR) is 153 cm³/mol. The maximum absolute atomic E-state index is 13.9. The molecule has 4 aromatic heterocycles. The van der Waals surface area contributed by atoms with Crippen LogP contribution in [0.1, 0.15) is 32.1 Å². The largest absolute Gasteiger partial charge is 0.336 e. The highest BCUT2D eigenvalue weighted by atomic mass is 19.1. The van der Waals surface area contributed by atoms with Gasteiger partial charge in [-0.25, -0.2) is 9.37 Å². The van der Waals surface area contributed by atoms with Gasteiger partial charge in [-0.3, -0.25) is 19.9 Å². The fourth-order valence-electron chi connectivity index (χ4n) is 5.54. The van der Waals surface area contributed by atoms with Gasteiger partial charge in [0.15, 0.2) is 5.82 Å². The second-order valence-corrected chi connectivity index (χ2v) is 10.3. The van der Waals surface area contributed by atoms with Gasteiger partial charge in [0.2, 0.25) is 5.91 Å². The van der Waals surface area contributed by atoms with Crippen molar-refractivity contribution < 1.29 is 9.18 Å². The zero-order chi connectivity index (χ0) is 27.1. The number of hydrogen-bond donors (Lipinski definition) is 3. The minimum Gasteiger partial charge on any atom is -0.336 e. The number of halogens is 1. The number of aromatic amines is 2. The number of benzene rings is 2. The Morgan fingerprint density at radius 2 is 1.80 bits per heavy atom. The number of carbonyl (C=O) groups excluding carboxylic acids is 1. The van der Waals surface area contributed by atoms with Crippen molar-refractivity contribution in [3.63, 3.8) is 0 Å². The molecule has 1 aliphatic rings. The summed E-state index contributed by atoms with van der Waals surface area (Å²) in [6.45, 7) is 0. The minimum atomic E-state index is -0.329. The molecule has 198 valence electrons. The molecular formula is C31H26FN7O. The summed E-state index contributed by atoms with van der Waals surface area (Å²) in [5.74, 6) is 0.395. The number of amides is 1. The number of H-pyrrole nitrogens is 2. The maximum atomic E-state index is 13.9. The van der Waals surface area contributed by atoms with Crippen LogP contribution in [0.2, 0.25) is 0 Å². The molecular weight excluding hydrogens is 505 g/mol. The molecule has 0 radical (unpaired) electrons. The van der Waals surface area contributed by atoms with E-state index >= 15 is 0 Å². The lowest BCUT2D eigenvalue weighted by Gasteiger charge is -2.20. The molecule has 1 amide bonds. The van der Waals surface area contributed by atoms with Crippen LogP contribution in [0.25, 0.3) is 55.8 Å². The van der Waals surface area contributed by atoms with Gasteiger partial charge in [0.25, 0.3) is 0 Å². The normalized spacial score (nSPS) is 14.1. The molecule has 0 spiro atoms. The summed E-state index contributed by atoms with van der Waals surface area (Å²) in [5.41, 5.74) is 6.70. The highest BCUT2D eigenvalue weighted by molar-refractivity contribution is 5.98. The van der Waals surface area contributed by atoms with Crippen LogP contribution in [0.3, 0.4) is 0 Å². The van der Waals surface area contributed by atoms with Crippen molar-refractivity contribution >= 4 is 33.5 Å². The van der Waals surface area contributed by atoms with Crippen molar-refractivity contribution in [2.45, 2.75) is 32.1 Å². The highest BCUT2D eigenvalue weighted by Gasteiger charge is 2.21. The van der Waals surface area contributed by atoms with E-state index in [9.17, 15) is 9.18 Å². The Kier molecular flexibility index (Phi) is 6.03. The summed E-state index contributed by atoms with van der Waals surface area (Å²) in [4.78, 5) is 29.8. The summed E-state index contributed by atoms with van der Waals surface area (Å²) in [6, 6.07) is 16.1. The Morgan fingerprint density at radius 3 is 2.67 bits per heavy atom. The summed E-state index contributed by atoms with van der Waals surface area (Å²) in [5, 5.41) is 11.6. The maximum Gasteiger partial charge on any atom is 0.227 e. The molecule has 0 aliphatic heterocycles. The lowest BCUT2D eigenvalue weighted by atomic mass is 9.88. The number of pyridine rings is 2. The molecule has 4 heterocycles. The van der Waals surface area contributed by atoms with Crippen molar-refractivity contribution in [3.05, 3.63) is 79.0 Å². The third-order valence-corrected chi connectivity index (χ3v) is 7.60. The van der Waals surface area contributed by atoms with Gasteiger partial charge in [-0.1, -0.05) is 37.5 Å². The van der Waals surface area contributed by atoms with E-state index < -0.39 is 0 Å². The number of hydrogen-bond acceptors (Lipinski definition) is 5. The summed E-state index contributed by atoms with van der Waals surface area (Å²) in [6.07, 6.45) is 10.5. The third kappa shape index (κ3) is 4.49. The fourth-order valence-corrected chi connectivity index (χ4v) is 5.54. The fraction of sp³-hybridized carbons (Fsp3) is 0.194.